The molecule has 0 aromatic heterocycles. The molecule has 0 bridgehead atoms. The molecule has 2 aromatic carbocycles. The van der Waals surface area contributed by atoms with Gasteiger partial charge in [-0.15, -0.1) is 0 Å². The first kappa shape index (κ1) is 20.5. The Bertz CT molecular complexity index is 887. The molecule has 5 nitrogen and oxygen atoms in total. The lowest BCUT2D eigenvalue weighted by atomic mass is 9.81. The largest absolute Gasteiger partial charge is 0.465 e. The van der Waals surface area contributed by atoms with Crippen LogP contribution in [0, 0.1) is 5.41 Å². The molecule has 150 valence electrons. The van der Waals surface area contributed by atoms with Crippen molar-refractivity contribution in [2.75, 3.05) is 6.54 Å². The molecule has 28 heavy (non-hydrogen) atoms. The van der Waals surface area contributed by atoms with E-state index in [1.54, 1.807) is 4.90 Å². The number of fused-ring (bicyclic) bond motifs is 1. The maximum Gasteiger partial charge on any atom is 0.407 e. The first-order valence-electron chi connectivity index (χ1n) is 9.58. The van der Waals surface area contributed by atoms with E-state index < -0.39 is 11.5 Å². The van der Waals surface area contributed by atoms with Crippen LogP contribution in [0.15, 0.2) is 42.5 Å². The maximum absolute atomic E-state index is 12.6. The summed E-state index contributed by atoms with van der Waals surface area (Å²) >= 11 is 6.08. The van der Waals surface area contributed by atoms with Crippen molar-refractivity contribution in [3.05, 3.63) is 48.0 Å². The van der Waals surface area contributed by atoms with E-state index in [0.717, 1.165) is 16.3 Å². The van der Waals surface area contributed by atoms with E-state index in [2.05, 4.69) is 0 Å². The molecule has 1 aliphatic rings. The zero-order valence-electron chi connectivity index (χ0n) is 16.7. The van der Waals surface area contributed by atoms with Gasteiger partial charge in [0.1, 0.15) is 0 Å². The van der Waals surface area contributed by atoms with Gasteiger partial charge in [-0.1, -0.05) is 63.2 Å². The van der Waals surface area contributed by atoms with Gasteiger partial charge in [-0.3, -0.25) is 4.79 Å². The summed E-state index contributed by atoms with van der Waals surface area (Å²) in [4.78, 5) is 27.5. The number of amides is 2. The number of carboxylic acid groups (broad SMARTS) is 1. The standard InChI is InChI=1S/C22H27ClN2O3/c1-14(16-11-7-9-15-8-5-6-10-17(15)16)25(20(23)26)18-12-13-24(21(27)28)19(18)22(2,3)4/h5-11,14,18-19H,12-13H2,1-4H3,(H,27,28)/t14-,18?,19-/m1/s1. The van der Waals surface area contributed by atoms with E-state index in [4.69, 9.17) is 11.6 Å². The molecule has 3 rings (SSSR count). The fourth-order valence-corrected chi connectivity index (χ4v) is 4.93. The number of hydrogen-bond donors (Lipinski definition) is 1. The average Bonchev–Trinajstić information content (AvgIpc) is 3.06. The average molecular weight is 403 g/mol. The van der Waals surface area contributed by atoms with Crippen molar-refractivity contribution in [2.24, 2.45) is 5.41 Å². The summed E-state index contributed by atoms with van der Waals surface area (Å²) < 4.78 is 0. The van der Waals surface area contributed by atoms with E-state index in [1.165, 1.54) is 4.90 Å². The van der Waals surface area contributed by atoms with Crippen LogP contribution in [0.4, 0.5) is 9.59 Å². The first-order chi connectivity index (χ1) is 13.1. The Labute approximate surface area is 170 Å². The van der Waals surface area contributed by atoms with Gasteiger partial charge in [0.25, 0.3) is 0 Å². The van der Waals surface area contributed by atoms with Crippen LogP contribution in [0.3, 0.4) is 0 Å². The third-order valence-electron chi connectivity index (χ3n) is 5.75. The minimum Gasteiger partial charge on any atom is -0.465 e. The minimum absolute atomic E-state index is 0.278. The molecule has 0 saturated carbocycles. The SMILES string of the molecule is C[C@H](c1cccc2ccccc12)N(C(=O)Cl)C1CCN(C(=O)O)[C@H]1C(C)(C)C. The number of rotatable bonds is 3. The molecule has 1 N–H and O–H groups in total. The van der Waals surface area contributed by atoms with Gasteiger partial charge in [-0.2, -0.15) is 0 Å². The zero-order valence-corrected chi connectivity index (χ0v) is 17.5. The van der Waals surface area contributed by atoms with Gasteiger partial charge in [0, 0.05) is 6.54 Å². The van der Waals surface area contributed by atoms with Crippen molar-refractivity contribution in [3.8, 4) is 0 Å². The number of hydrogen-bond acceptors (Lipinski definition) is 2. The van der Waals surface area contributed by atoms with Gasteiger partial charge in [0.15, 0.2) is 0 Å². The van der Waals surface area contributed by atoms with Gasteiger partial charge in [-0.25, -0.2) is 4.79 Å². The van der Waals surface area contributed by atoms with Crippen LogP contribution in [0.1, 0.15) is 45.7 Å². The molecule has 1 saturated heterocycles. The second-order valence-corrected chi connectivity index (χ2v) is 8.87. The van der Waals surface area contributed by atoms with Crippen molar-refractivity contribution in [2.45, 2.75) is 52.2 Å². The van der Waals surface area contributed by atoms with Gasteiger partial charge < -0.3 is 14.9 Å². The summed E-state index contributed by atoms with van der Waals surface area (Å²) in [5.74, 6) is 0. The molecule has 0 radical (unpaired) electrons. The Hall–Kier alpha value is -2.27. The second kappa shape index (κ2) is 7.63. The highest BCUT2D eigenvalue weighted by Crippen LogP contribution is 2.40. The Balaban J connectivity index is 2.06. The second-order valence-electron chi connectivity index (χ2n) is 8.55. The third-order valence-corrected chi connectivity index (χ3v) is 5.95. The van der Waals surface area contributed by atoms with Gasteiger partial charge in [0.2, 0.25) is 0 Å². The maximum atomic E-state index is 12.6. The summed E-state index contributed by atoms with van der Waals surface area (Å²) in [6.45, 7) is 8.37. The van der Waals surface area contributed by atoms with Crippen LogP contribution in [0.5, 0.6) is 0 Å². The predicted molar refractivity (Wildman–Crippen MR) is 112 cm³/mol. The fourth-order valence-electron chi connectivity index (χ4n) is 4.66. The first-order valence-corrected chi connectivity index (χ1v) is 9.95. The molecule has 2 aromatic rings. The zero-order chi connectivity index (χ0) is 20.6. The Morgan fingerprint density at radius 2 is 1.82 bits per heavy atom. The van der Waals surface area contributed by atoms with E-state index >= 15 is 0 Å². The number of carbonyl (C=O) groups is 2. The van der Waals surface area contributed by atoms with E-state index in [9.17, 15) is 14.7 Å². The van der Waals surface area contributed by atoms with Crippen LogP contribution in [-0.4, -0.2) is 45.0 Å². The van der Waals surface area contributed by atoms with Gasteiger partial charge >= 0.3 is 11.5 Å². The molecular weight excluding hydrogens is 376 g/mol. The molecule has 2 amide bonds. The molecule has 3 atom stereocenters. The lowest BCUT2D eigenvalue weighted by Gasteiger charge is -2.43. The van der Waals surface area contributed by atoms with Gasteiger partial charge in [0.05, 0.1) is 18.1 Å². The van der Waals surface area contributed by atoms with Crippen LogP contribution in [0.2, 0.25) is 0 Å². The number of nitrogens with zero attached hydrogens (tertiary/aromatic N) is 2. The molecule has 1 fully saturated rings. The normalized spacial score (nSPS) is 21.0. The smallest absolute Gasteiger partial charge is 0.407 e. The molecule has 1 aliphatic heterocycles. The van der Waals surface area contributed by atoms with Crippen molar-refractivity contribution < 1.29 is 14.7 Å². The van der Waals surface area contributed by atoms with Crippen molar-refractivity contribution >= 4 is 33.8 Å². The van der Waals surface area contributed by atoms with Crippen LogP contribution in [-0.2, 0) is 0 Å². The fraction of sp³-hybridized carbons (Fsp3) is 0.455. The lowest BCUT2D eigenvalue weighted by molar-refractivity contribution is 0.0680. The Kier molecular flexibility index (Phi) is 5.57. The van der Waals surface area contributed by atoms with E-state index in [1.807, 2.05) is 70.2 Å². The van der Waals surface area contributed by atoms with Crippen LogP contribution in [0.25, 0.3) is 10.8 Å². The minimum atomic E-state index is -0.956. The molecule has 0 spiro atoms. The topological polar surface area (TPSA) is 60.9 Å². The summed E-state index contributed by atoms with van der Waals surface area (Å²) in [6, 6.07) is 13.2. The van der Waals surface area contributed by atoms with Crippen molar-refractivity contribution in [3.63, 3.8) is 0 Å². The van der Waals surface area contributed by atoms with Crippen molar-refractivity contribution in [1.82, 2.24) is 9.80 Å². The third kappa shape index (κ3) is 3.68. The van der Waals surface area contributed by atoms with Crippen molar-refractivity contribution in [1.29, 1.82) is 0 Å². The lowest BCUT2D eigenvalue weighted by Crippen LogP contribution is -2.54. The molecule has 1 unspecified atom stereocenters. The number of likely N-dealkylation sites (tertiary alicyclic amines) is 1. The van der Waals surface area contributed by atoms with E-state index in [-0.39, 0.29) is 23.5 Å². The summed E-state index contributed by atoms with van der Waals surface area (Å²) in [6.07, 6.45) is -0.385. The summed E-state index contributed by atoms with van der Waals surface area (Å²) in [7, 11) is 0. The molecule has 0 aliphatic carbocycles. The highest BCUT2D eigenvalue weighted by atomic mass is 35.5. The Morgan fingerprint density at radius 3 is 2.43 bits per heavy atom. The summed E-state index contributed by atoms with van der Waals surface area (Å²) in [5.41, 5.74) is 0.677. The molecule has 1 heterocycles. The van der Waals surface area contributed by atoms with E-state index in [0.29, 0.717) is 13.0 Å². The highest BCUT2D eigenvalue weighted by molar-refractivity contribution is 6.62. The number of carbonyl (C=O) groups excluding carboxylic acids is 1. The predicted octanol–water partition coefficient (Wildman–Crippen LogP) is 5.73. The number of benzene rings is 2. The van der Waals surface area contributed by atoms with Crippen LogP contribution < -0.4 is 0 Å². The quantitative estimate of drug-likeness (QED) is 0.526. The van der Waals surface area contributed by atoms with Crippen LogP contribution >= 0.6 is 11.6 Å². The molecular formula is C22H27ClN2O3. The highest BCUT2D eigenvalue weighted by Gasteiger charge is 2.48. The summed E-state index contributed by atoms with van der Waals surface area (Å²) in [5, 5.41) is 11.3. The number of halogens is 1. The Morgan fingerprint density at radius 1 is 1.18 bits per heavy atom. The van der Waals surface area contributed by atoms with Gasteiger partial charge in [-0.05, 0) is 46.7 Å². The molecule has 6 heteroatoms. The monoisotopic (exact) mass is 402 g/mol.